The lowest BCUT2D eigenvalue weighted by molar-refractivity contribution is -0.113. The minimum Gasteiger partial charge on any atom is -0.495 e. The van der Waals surface area contributed by atoms with Crippen LogP contribution in [0.25, 0.3) is 0 Å². The van der Waals surface area contributed by atoms with E-state index in [-0.39, 0.29) is 5.91 Å². The van der Waals surface area contributed by atoms with Crippen molar-refractivity contribution >= 4 is 55.2 Å². The van der Waals surface area contributed by atoms with Gasteiger partial charge < -0.3 is 10.1 Å². The molecule has 0 atom stereocenters. The van der Waals surface area contributed by atoms with Gasteiger partial charge >= 0.3 is 0 Å². The zero-order valence-corrected chi connectivity index (χ0v) is 15.2. The fraction of sp³-hybridized carbons (Fsp3) is 0.133. The molecule has 0 spiro atoms. The Morgan fingerprint density at radius 1 is 1.19 bits per heavy atom. The van der Waals surface area contributed by atoms with Crippen molar-refractivity contribution in [3.63, 3.8) is 0 Å². The van der Waals surface area contributed by atoms with E-state index >= 15 is 0 Å². The molecule has 21 heavy (non-hydrogen) atoms. The molecule has 0 aliphatic rings. The molecule has 110 valence electrons. The summed E-state index contributed by atoms with van der Waals surface area (Å²) in [5, 5.41) is 2.87. The van der Waals surface area contributed by atoms with Crippen molar-refractivity contribution in [2.45, 2.75) is 4.90 Å². The molecule has 1 N–H and O–H groups in total. The highest BCUT2D eigenvalue weighted by Gasteiger charge is 2.10. The Kier molecular flexibility index (Phi) is 6.14. The van der Waals surface area contributed by atoms with E-state index in [9.17, 15) is 4.79 Å². The maximum absolute atomic E-state index is 12.0. The number of carbonyl (C=O) groups is 1. The van der Waals surface area contributed by atoms with Crippen LogP contribution in [-0.4, -0.2) is 18.8 Å². The quantitative estimate of drug-likeness (QED) is 0.682. The number of methoxy groups -OCH3 is 1. The lowest BCUT2D eigenvalue weighted by Gasteiger charge is -2.11. The highest BCUT2D eigenvalue weighted by molar-refractivity contribution is 9.11. The first-order valence-corrected chi connectivity index (χ1v) is 8.68. The lowest BCUT2D eigenvalue weighted by atomic mass is 10.3. The van der Waals surface area contributed by atoms with Crippen molar-refractivity contribution in [2.75, 3.05) is 18.2 Å². The molecule has 3 nitrogen and oxygen atoms in total. The zero-order valence-electron chi connectivity index (χ0n) is 11.2. The zero-order chi connectivity index (χ0) is 15.2. The van der Waals surface area contributed by atoms with Gasteiger partial charge in [-0.3, -0.25) is 4.79 Å². The van der Waals surface area contributed by atoms with Crippen LogP contribution in [0.1, 0.15) is 0 Å². The Labute approximate surface area is 144 Å². The fourth-order valence-corrected chi connectivity index (χ4v) is 3.61. The molecule has 2 aromatic rings. The third-order valence-electron chi connectivity index (χ3n) is 2.63. The summed E-state index contributed by atoms with van der Waals surface area (Å²) < 4.78 is 6.85. The molecule has 0 heterocycles. The van der Waals surface area contributed by atoms with Gasteiger partial charge in [-0.15, -0.1) is 11.8 Å². The van der Waals surface area contributed by atoms with E-state index < -0.39 is 0 Å². The smallest absolute Gasteiger partial charge is 0.234 e. The van der Waals surface area contributed by atoms with E-state index in [4.69, 9.17) is 4.74 Å². The van der Waals surface area contributed by atoms with Crippen LogP contribution in [0.15, 0.2) is 56.3 Å². The van der Waals surface area contributed by atoms with Gasteiger partial charge in [-0.25, -0.2) is 0 Å². The van der Waals surface area contributed by atoms with Gasteiger partial charge in [0, 0.05) is 15.4 Å². The van der Waals surface area contributed by atoms with Crippen molar-refractivity contribution < 1.29 is 9.53 Å². The fourth-order valence-electron chi connectivity index (χ4n) is 1.63. The third-order valence-corrected chi connectivity index (χ3v) is 4.92. The average molecular weight is 431 g/mol. The minimum atomic E-state index is -0.0612. The molecule has 0 aliphatic heterocycles. The largest absolute Gasteiger partial charge is 0.495 e. The molecule has 1 amide bonds. The Bertz CT molecular complexity index is 635. The molecule has 0 unspecified atom stereocenters. The lowest BCUT2D eigenvalue weighted by Crippen LogP contribution is -2.14. The van der Waals surface area contributed by atoms with Crippen molar-refractivity contribution in [3.05, 3.63) is 51.4 Å². The van der Waals surface area contributed by atoms with Gasteiger partial charge in [0.05, 0.1) is 23.0 Å². The van der Waals surface area contributed by atoms with Gasteiger partial charge in [-0.1, -0.05) is 18.2 Å². The SMILES string of the molecule is COc1cc(NC(=O)CSc2ccccc2)c(Br)cc1Br. The molecule has 0 saturated heterocycles. The number of rotatable bonds is 5. The van der Waals surface area contributed by atoms with Gasteiger partial charge in [-0.2, -0.15) is 0 Å². The summed E-state index contributed by atoms with van der Waals surface area (Å²) in [6.45, 7) is 0. The van der Waals surface area contributed by atoms with Gasteiger partial charge in [0.1, 0.15) is 5.75 Å². The highest BCUT2D eigenvalue weighted by atomic mass is 79.9. The normalized spacial score (nSPS) is 10.2. The van der Waals surface area contributed by atoms with Crippen LogP contribution in [-0.2, 0) is 4.79 Å². The van der Waals surface area contributed by atoms with Crippen LogP contribution >= 0.6 is 43.6 Å². The first kappa shape index (κ1) is 16.4. The Morgan fingerprint density at radius 3 is 2.57 bits per heavy atom. The summed E-state index contributed by atoms with van der Waals surface area (Å²) in [5.41, 5.74) is 0.689. The van der Waals surface area contributed by atoms with E-state index in [1.54, 1.807) is 13.2 Å². The molecule has 0 fully saturated rings. The summed E-state index contributed by atoms with van der Waals surface area (Å²) in [4.78, 5) is 13.1. The summed E-state index contributed by atoms with van der Waals surface area (Å²) in [6, 6.07) is 13.5. The number of benzene rings is 2. The first-order chi connectivity index (χ1) is 10.1. The molecule has 2 aromatic carbocycles. The molecule has 0 aliphatic carbocycles. The van der Waals surface area contributed by atoms with Gasteiger partial charge in [0.2, 0.25) is 5.91 Å². The topological polar surface area (TPSA) is 38.3 Å². The van der Waals surface area contributed by atoms with Crippen molar-refractivity contribution in [1.82, 2.24) is 0 Å². The summed E-state index contributed by atoms with van der Waals surface area (Å²) >= 11 is 8.32. The molecule has 0 saturated carbocycles. The van der Waals surface area contributed by atoms with Crippen LogP contribution in [0.3, 0.4) is 0 Å². The van der Waals surface area contributed by atoms with Crippen molar-refractivity contribution in [2.24, 2.45) is 0 Å². The number of ether oxygens (including phenoxy) is 1. The summed E-state index contributed by atoms with van der Waals surface area (Å²) in [7, 11) is 1.59. The number of hydrogen-bond acceptors (Lipinski definition) is 3. The van der Waals surface area contributed by atoms with Gasteiger partial charge in [-0.05, 0) is 50.1 Å². The van der Waals surface area contributed by atoms with Crippen LogP contribution in [0.4, 0.5) is 5.69 Å². The standard InChI is InChI=1S/C15H13Br2NO2S/c1-20-14-8-13(11(16)7-12(14)17)18-15(19)9-21-10-5-3-2-4-6-10/h2-8H,9H2,1H3,(H,18,19). The molecular formula is C15H13Br2NO2S. The number of nitrogens with one attached hydrogen (secondary N) is 1. The van der Waals surface area contributed by atoms with Crippen LogP contribution in [0.2, 0.25) is 0 Å². The highest BCUT2D eigenvalue weighted by Crippen LogP contribution is 2.34. The Morgan fingerprint density at radius 2 is 1.90 bits per heavy atom. The average Bonchev–Trinajstić information content (AvgIpc) is 2.49. The second-order valence-corrected chi connectivity index (χ2v) is 6.87. The predicted octanol–water partition coefficient (Wildman–Crippen LogP) is 4.95. The third kappa shape index (κ3) is 4.76. The molecule has 2 rings (SSSR count). The second-order valence-electron chi connectivity index (χ2n) is 4.12. The van der Waals surface area contributed by atoms with E-state index in [0.717, 1.165) is 13.8 Å². The number of hydrogen-bond donors (Lipinski definition) is 1. The molecule has 6 heteroatoms. The summed E-state index contributed by atoms with van der Waals surface area (Å²) in [5.74, 6) is 0.965. The maximum Gasteiger partial charge on any atom is 0.234 e. The molecular weight excluding hydrogens is 418 g/mol. The van der Waals surface area contributed by atoms with Crippen LogP contribution in [0, 0.1) is 0 Å². The Balaban J connectivity index is 1.99. The Hall–Kier alpha value is -0.980. The molecule has 0 bridgehead atoms. The van der Waals surface area contributed by atoms with Crippen molar-refractivity contribution in [3.8, 4) is 5.75 Å². The predicted molar refractivity (Wildman–Crippen MR) is 94.2 cm³/mol. The van der Waals surface area contributed by atoms with E-state index in [0.29, 0.717) is 17.2 Å². The number of thioether (sulfide) groups is 1. The van der Waals surface area contributed by atoms with Crippen molar-refractivity contribution in [1.29, 1.82) is 0 Å². The number of amides is 1. The second kappa shape index (κ2) is 7.87. The summed E-state index contributed by atoms with van der Waals surface area (Å²) in [6.07, 6.45) is 0. The maximum atomic E-state index is 12.0. The van der Waals surface area contributed by atoms with E-state index in [2.05, 4.69) is 37.2 Å². The first-order valence-electron chi connectivity index (χ1n) is 6.11. The van der Waals surface area contributed by atoms with Crippen LogP contribution in [0.5, 0.6) is 5.75 Å². The molecule has 0 radical (unpaired) electrons. The van der Waals surface area contributed by atoms with Gasteiger partial charge in [0.15, 0.2) is 0 Å². The number of anilines is 1. The van der Waals surface area contributed by atoms with E-state index in [1.807, 2.05) is 36.4 Å². The number of carbonyl (C=O) groups excluding carboxylic acids is 1. The minimum absolute atomic E-state index is 0.0612. The van der Waals surface area contributed by atoms with E-state index in [1.165, 1.54) is 11.8 Å². The van der Waals surface area contributed by atoms with Crippen LogP contribution < -0.4 is 10.1 Å². The monoisotopic (exact) mass is 429 g/mol. The molecule has 0 aromatic heterocycles. The number of halogens is 2. The van der Waals surface area contributed by atoms with Gasteiger partial charge in [0.25, 0.3) is 0 Å².